The predicted octanol–water partition coefficient (Wildman–Crippen LogP) is 1.78. The van der Waals surface area contributed by atoms with Gasteiger partial charge in [-0.25, -0.2) is 0 Å². The van der Waals surface area contributed by atoms with Crippen molar-refractivity contribution in [3.63, 3.8) is 0 Å². The van der Waals surface area contributed by atoms with Gasteiger partial charge in [0.05, 0.1) is 12.5 Å². The Morgan fingerprint density at radius 2 is 1.93 bits per heavy atom. The molecule has 2 aromatic rings. The molecule has 0 fully saturated rings. The van der Waals surface area contributed by atoms with Crippen molar-refractivity contribution >= 4 is 5.71 Å². The molecule has 1 unspecified atom stereocenters. The van der Waals surface area contributed by atoms with Crippen LogP contribution >= 0.6 is 0 Å². The van der Waals surface area contributed by atoms with E-state index in [0.29, 0.717) is 11.5 Å². The van der Waals surface area contributed by atoms with Gasteiger partial charge in [0.1, 0.15) is 5.76 Å². The monoisotopic (exact) mass is 207 g/mol. The van der Waals surface area contributed by atoms with E-state index in [1.165, 1.54) is 12.5 Å². The Morgan fingerprint density at radius 3 is 2.47 bits per heavy atom. The van der Waals surface area contributed by atoms with Gasteiger partial charge in [-0.05, 0) is 24.3 Å². The molecule has 1 atom stereocenters. The molecule has 0 radical (unpaired) electrons. The van der Waals surface area contributed by atoms with Crippen LogP contribution in [0.4, 0.5) is 0 Å². The maximum Gasteiger partial charge on any atom is 0.160 e. The molecule has 0 saturated carbocycles. The topological polar surface area (TPSA) is 79.1 Å². The van der Waals surface area contributed by atoms with Gasteiger partial charge in [0, 0.05) is 0 Å². The van der Waals surface area contributed by atoms with Gasteiger partial charge in [0.2, 0.25) is 0 Å². The summed E-state index contributed by atoms with van der Waals surface area (Å²) in [4.78, 5) is 0. The minimum Gasteiger partial charge on any atom is -0.466 e. The van der Waals surface area contributed by atoms with Crippen molar-refractivity contribution in [2.24, 2.45) is 5.16 Å². The Kier molecular flexibility index (Phi) is 2.55. The van der Waals surface area contributed by atoms with Crippen LogP contribution in [0.25, 0.3) is 0 Å². The van der Waals surface area contributed by atoms with Gasteiger partial charge in [0.15, 0.2) is 17.6 Å². The number of hydrogen-bond donors (Lipinski definition) is 2. The maximum absolute atomic E-state index is 9.80. The summed E-state index contributed by atoms with van der Waals surface area (Å²) in [7, 11) is 0. The van der Waals surface area contributed by atoms with Crippen LogP contribution in [0.15, 0.2) is 50.8 Å². The third-order valence-corrected chi connectivity index (χ3v) is 1.95. The molecule has 5 nitrogen and oxygen atoms in total. The average molecular weight is 207 g/mol. The van der Waals surface area contributed by atoms with E-state index in [-0.39, 0.29) is 5.71 Å². The first-order chi connectivity index (χ1) is 7.33. The molecule has 0 spiro atoms. The summed E-state index contributed by atoms with van der Waals surface area (Å²) in [6, 6.07) is 6.44. The van der Waals surface area contributed by atoms with E-state index in [2.05, 4.69) is 5.16 Å². The number of rotatable bonds is 3. The largest absolute Gasteiger partial charge is 0.466 e. The molecule has 0 amide bonds. The molecule has 2 rings (SSSR count). The Bertz CT molecular complexity index is 430. The third kappa shape index (κ3) is 1.77. The molecular weight excluding hydrogens is 198 g/mol. The number of hydrogen-bond acceptors (Lipinski definition) is 5. The zero-order valence-corrected chi connectivity index (χ0v) is 7.70. The van der Waals surface area contributed by atoms with E-state index in [9.17, 15) is 5.11 Å². The summed E-state index contributed by atoms with van der Waals surface area (Å²) in [5.74, 6) is 0.584. The van der Waals surface area contributed by atoms with Crippen LogP contribution in [0.5, 0.6) is 0 Å². The summed E-state index contributed by atoms with van der Waals surface area (Å²) < 4.78 is 10.0. The molecule has 0 aliphatic rings. The molecule has 0 aliphatic heterocycles. The first-order valence-corrected chi connectivity index (χ1v) is 4.30. The van der Waals surface area contributed by atoms with Crippen molar-refractivity contribution in [2.45, 2.75) is 6.10 Å². The zero-order valence-electron chi connectivity index (χ0n) is 7.70. The molecule has 15 heavy (non-hydrogen) atoms. The minimum atomic E-state index is -1.14. The molecule has 2 aromatic heterocycles. The molecule has 0 aliphatic carbocycles. The summed E-state index contributed by atoms with van der Waals surface area (Å²) in [6.45, 7) is 0. The summed E-state index contributed by atoms with van der Waals surface area (Å²) in [6.07, 6.45) is 1.71. The number of oxime groups is 1. The van der Waals surface area contributed by atoms with Crippen LogP contribution in [0.2, 0.25) is 0 Å². The van der Waals surface area contributed by atoms with Crippen molar-refractivity contribution in [1.82, 2.24) is 0 Å². The van der Waals surface area contributed by atoms with Crippen molar-refractivity contribution in [3.8, 4) is 0 Å². The molecule has 5 heteroatoms. The van der Waals surface area contributed by atoms with Crippen molar-refractivity contribution in [3.05, 3.63) is 48.3 Å². The fourth-order valence-electron chi connectivity index (χ4n) is 1.24. The number of aliphatic hydroxyl groups excluding tert-OH is 1. The van der Waals surface area contributed by atoms with Crippen molar-refractivity contribution < 1.29 is 19.1 Å². The summed E-state index contributed by atoms with van der Waals surface area (Å²) in [5, 5.41) is 21.6. The first-order valence-electron chi connectivity index (χ1n) is 4.30. The number of aliphatic hydroxyl groups is 1. The van der Waals surface area contributed by atoms with Gasteiger partial charge in [-0.1, -0.05) is 5.16 Å². The Morgan fingerprint density at radius 1 is 1.20 bits per heavy atom. The minimum absolute atomic E-state index is 0.00921. The van der Waals surface area contributed by atoms with Crippen LogP contribution in [0, 0.1) is 0 Å². The SMILES string of the molecule is O/N=C(/c1ccco1)C(O)c1ccco1. The second-order valence-electron chi connectivity index (χ2n) is 2.88. The van der Waals surface area contributed by atoms with E-state index >= 15 is 0 Å². The third-order valence-electron chi connectivity index (χ3n) is 1.95. The van der Waals surface area contributed by atoms with Crippen LogP contribution in [-0.2, 0) is 0 Å². The lowest BCUT2D eigenvalue weighted by atomic mass is 10.1. The highest BCUT2D eigenvalue weighted by Gasteiger charge is 2.22. The van der Waals surface area contributed by atoms with Crippen LogP contribution in [0.1, 0.15) is 17.6 Å². The summed E-state index contributed by atoms with van der Waals surface area (Å²) >= 11 is 0. The number of nitrogens with zero attached hydrogens (tertiary/aromatic N) is 1. The quantitative estimate of drug-likeness (QED) is 0.456. The Labute approximate surface area is 85.2 Å². The molecular formula is C10H9NO4. The molecule has 2 heterocycles. The van der Waals surface area contributed by atoms with E-state index in [0.717, 1.165) is 0 Å². The average Bonchev–Trinajstić information content (AvgIpc) is 2.91. The molecule has 0 bridgehead atoms. The van der Waals surface area contributed by atoms with E-state index in [4.69, 9.17) is 14.0 Å². The van der Waals surface area contributed by atoms with E-state index < -0.39 is 6.10 Å². The van der Waals surface area contributed by atoms with Crippen LogP contribution < -0.4 is 0 Å². The lowest BCUT2D eigenvalue weighted by Crippen LogP contribution is -2.12. The number of furan rings is 2. The van der Waals surface area contributed by atoms with Crippen LogP contribution in [0.3, 0.4) is 0 Å². The normalized spacial score (nSPS) is 14.1. The first kappa shape index (κ1) is 9.54. The standard InChI is InChI=1S/C10H9NO4/c12-10(8-4-2-6-15-8)9(11-13)7-3-1-5-14-7/h1-6,10,12-13H/b11-9-. The molecule has 2 N–H and O–H groups in total. The van der Waals surface area contributed by atoms with E-state index in [1.54, 1.807) is 24.3 Å². The summed E-state index contributed by atoms with van der Waals surface area (Å²) in [5.41, 5.74) is 0.00921. The highest BCUT2D eigenvalue weighted by molar-refractivity contribution is 6.01. The Balaban J connectivity index is 2.30. The predicted molar refractivity (Wildman–Crippen MR) is 50.7 cm³/mol. The van der Waals surface area contributed by atoms with Gasteiger partial charge < -0.3 is 19.1 Å². The van der Waals surface area contributed by atoms with Crippen molar-refractivity contribution in [2.75, 3.05) is 0 Å². The fraction of sp³-hybridized carbons (Fsp3) is 0.100. The van der Waals surface area contributed by atoms with Gasteiger partial charge in [-0.2, -0.15) is 0 Å². The van der Waals surface area contributed by atoms with Gasteiger partial charge in [0.25, 0.3) is 0 Å². The van der Waals surface area contributed by atoms with Crippen molar-refractivity contribution in [1.29, 1.82) is 0 Å². The molecule has 0 saturated heterocycles. The van der Waals surface area contributed by atoms with Gasteiger partial charge in [-0.3, -0.25) is 0 Å². The second-order valence-corrected chi connectivity index (χ2v) is 2.88. The molecule has 78 valence electrons. The fourth-order valence-corrected chi connectivity index (χ4v) is 1.24. The van der Waals surface area contributed by atoms with E-state index in [1.807, 2.05) is 0 Å². The van der Waals surface area contributed by atoms with Gasteiger partial charge in [-0.15, -0.1) is 0 Å². The lowest BCUT2D eigenvalue weighted by molar-refractivity contribution is 0.205. The zero-order chi connectivity index (χ0) is 10.7. The molecule has 0 aromatic carbocycles. The lowest BCUT2D eigenvalue weighted by Gasteiger charge is -2.06. The smallest absolute Gasteiger partial charge is 0.160 e. The van der Waals surface area contributed by atoms with Gasteiger partial charge >= 0.3 is 0 Å². The van der Waals surface area contributed by atoms with Crippen LogP contribution in [-0.4, -0.2) is 16.0 Å². The highest BCUT2D eigenvalue weighted by Crippen LogP contribution is 2.19. The second kappa shape index (κ2) is 4.02. The maximum atomic E-state index is 9.80. The highest BCUT2D eigenvalue weighted by atomic mass is 16.4. The Hall–Kier alpha value is -2.01.